The molecule has 2 aromatic rings. The lowest BCUT2D eigenvalue weighted by molar-refractivity contribution is 0.0724. The smallest absolute Gasteiger partial charge is 0.253 e. The van der Waals surface area contributed by atoms with E-state index in [1.54, 1.807) is 36.4 Å². The molecule has 0 radical (unpaired) electrons. The first-order chi connectivity index (χ1) is 15.4. The van der Waals surface area contributed by atoms with Gasteiger partial charge in [-0.3, -0.25) is 4.79 Å². The van der Waals surface area contributed by atoms with Gasteiger partial charge in [-0.1, -0.05) is 46.4 Å². The van der Waals surface area contributed by atoms with Gasteiger partial charge >= 0.3 is 0 Å². The summed E-state index contributed by atoms with van der Waals surface area (Å²) in [6.07, 6.45) is 4.82. The van der Waals surface area contributed by atoms with E-state index >= 15 is 0 Å². The van der Waals surface area contributed by atoms with Gasteiger partial charge in [-0.05, 0) is 49.6 Å². The van der Waals surface area contributed by atoms with Gasteiger partial charge in [0.2, 0.25) is 0 Å². The average Bonchev–Trinajstić information content (AvgIpc) is 2.78. The minimum Gasteiger partial charge on any atom is -0.490 e. The van der Waals surface area contributed by atoms with Crippen LogP contribution in [0.3, 0.4) is 0 Å². The highest BCUT2D eigenvalue weighted by Crippen LogP contribution is 2.37. The molecule has 2 aromatic carbocycles. The number of rotatable bonds is 9. The fourth-order valence-corrected chi connectivity index (χ4v) is 3.94. The SMILES string of the molecule is O=C(c1ccc(OCCOc2c(Cl)cc(OCC=C(Cl)Cl)cc2Cl)cc1)N1CCCCC1. The summed E-state index contributed by atoms with van der Waals surface area (Å²) in [4.78, 5) is 14.4. The maximum absolute atomic E-state index is 12.5. The molecule has 0 aromatic heterocycles. The van der Waals surface area contributed by atoms with Crippen molar-refractivity contribution < 1.29 is 19.0 Å². The predicted molar refractivity (Wildman–Crippen MR) is 129 cm³/mol. The highest BCUT2D eigenvalue weighted by Gasteiger charge is 2.18. The van der Waals surface area contributed by atoms with E-state index in [9.17, 15) is 4.79 Å². The first-order valence-corrected chi connectivity index (χ1v) is 11.7. The molecule has 0 N–H and O–H groups in total. The quantitative estimate of drug-likeness (QED) is 0.343. The summed E-state index contributed by atoms with van der Waals surface area (Å²) in [6, 6.07) is 10.3. The zero-order valence-electron chi connectivity index (χ0n) is 17.3. The molecule has 172 valence electrons. The van der Waals surface area contributed by atoms with Gasteiger partial charge in [0.1, 0.15) is 35.8 Å². The fourth-order valence-electron chi connectivity index (χ4n) is 3.24. The van der Waals surface area contributed by atoms with Gasteiger partial charge in [-0.2, -0.15) is 0 Å². The predicted octanol–water partition coefficient (Wildman–Crippen LogP) is 6.78. The summed E-state index contributed by atoms with van der Waals surface area (Å²) >= 11 is 23.6. The molecular weight excluding hydrogens is 496 g/mol. The Morgan fingerprint density at radius 3 is 2.12 bits per heavy atom. The van der Waals surface area contributed by atoms with Gasteiger partial charge in [0.05, 0.1) is 10.0 Å². The third kappa shape index (κ3) is 7.38. The van der Waals surface area contributed by atoms with Crippen molar-refractivity contribution >= 4 is 52.3 Å². The molecule has 0 unspecified atom stereocenters. The highest BCUT2D eigenvalue weighted by molar-refractivity contribution is 6.55. The maximum Gasteiger partial charge on any atom is 0.253 e. The van der Waals surface area contributed by atoms with E-state index in [4.69, 9.17) is 60.6 Å². The standard InChI is InChI=1S/C23H23Cl4NO4/c24-19-14-18(30-11-8-21(26)27)15-20(25)22(19)32-13-12-31-17-6-4-16(5-7-17)23(29)28-9-2-1-3-10-28/h4-8,14-15H,1-3,9-13H2. The molecule has 5 nitrogen and oxygen atoms in total. The zero-order chi connectivity index (χ0) is 22.9. The summed E-state index contributed by atoms with van der Waals surface area (Å²) in [5.74, 6) is 1.53. The van der Waals surface area contributed by atoms with Crippen molar-refractivity contribution in [1.29, 1.82) is 0 Å². The molecule has 3 rings (SSSR count). The number of hydrogen-bond acceptors (Lipinski definition) is 4. The number of halogens is 4. The monoisotopic (exact) mass is 517 g/mol. The molecule has 1 saturated heterocycles. The second-order valence-corrected chi connectivity index (χ2v) is 8.92. The minimum atomic E-state index is 0.0677. The minimum absolute atomic E-state index is 0.0677. The highest BCUT2D eigenvalue weighted by atomic mass is 35.5. The van der Waals surface area contributed by atoms with Crippen LogP contribution in [0.1, 0.15) is 29.6 Å². The fraction of sp³-hybridized carbons (Fsp3) is 0.348. The topological polar surface area (TPSA) is 48.0 Å². The number of likely N-dealkylation sites (tertiary alicyclic amines) is 1. The van der Waals surface area contributed by atoms with Crippen LogP contribution in [-0.4, -0.2) is 43.7 Å². The van der Waals surface area contributed by atoms with Gasteiger partial charge in [0.25, 0.3) is 5.91 Å². The number of piperidine rings is 1. The lowest BCUT2D eigenvalue weighted by Gasteiger charge is -2.26. The Kier molecular flexibility index (Phi) is 9.67. The van der Waals surface area contributed by atoms with E-state index in [-0.39, 0.29) is 30.2 Å². The van der Waals surface area contributed by atoms with Crippen LogP contribution >= 0.6 is 46.4 Å². The molecule has 0 bridgehead atoms. The summed E-state index contributed by atoms with van der Waals surface area (Å²) in [6.45, 7) is 2.35. The molecule has 0 saturated carbocycles. The van der Waals surface area contributed by atoms with Crippen LogP contribution < -0.4 is 14.2 Å². The molecule has 1 heterocycles. The van der Waals surface area contributed by atoms with Crippen molar-refractivity contribution in [2.24, 2.45) is 0 Å². The molecule has 0 atom stereocenters. The number of ether oxygens (including phenoxy) is 3. The molecule has 0 spiro atoms. The molecule has 1 aliphatic heterocycles. The third-order valence-corrected chi connectivity index (χ3v) is 5.67. The molecule has 1 aliphatic rings. The van der Waals surface area contributed by atoms with E-state index in [0.717, 1.165) is 25.9 Å². The normalized spacial score (nSPS) is 13.4. The summed E-state index contributed by atoms with van der Waals surface area (Å²) in [5, 5.41) is 0.628. The lowest BCUT2D eigenvalue weighted by atomic mass is 10.1. The third-order valence-electron chi connectivity index (χ3n) is 4.80. The van der Waals surface area contributed by atoms with Crippen molar-refractivity contribution in [1.82, 2.24) is 4.90 Å². The van der Waals surface area contributed by atoms with Crippen LogP contribution in [0.25, 0.3) is 0 Å². The molecular formula is C23H23Cl4NO4. The van der Waals surface area contributed by atoms with Crippen LogP contribution in [0, 0.1) is 0 Å². The number of nitrogens with zero attached hydrogens (tertiary/aromatic N) is 1. The molecule has 1 amide bonds. The Balaban J connectivity index is 1.46. The van der Waals surface area contributed by atoms with Crippen LogP contribution in [0.2, 0.25) is 10.0 Å². The van der Waals surface area contributed by atoms with E-state index in [1.807, 2.05) is 4.90 Å². The van der Waals surface area contributed by atoms with Crippen LogP contribution in [0.15, 0.2) is 47.0 Å². The van der Waals surface area contributed by atoms with Crippen LogP contribution in [-0.2, 0) is 0 Å². The maximum atomic E-state index is 12.5. The van der Waals surface area contributed by atoms with E-state index in [1.165, 1.54) is 12.5 Å². The summed E-state index contributed by atoms with van der Waals surface area (Å²) < 4.78 is 16.9. The number of amides is 1. The summed E-state index contributed by atoms with van der Waals surface area (Å²) in [7, 11) is 0. The van der Waals surface area contributed by atoms with Crippen molar-refractivity contribution in [3.05, 3.63) is 62.6 Å². The average molecular weight is 519 g/mol. The van der Waals surface area contributed by atoms with E-state index in [2.05, 4.69) is 0 Å². The Bertz CT molecular complexity index is 917. The van der Waals surface area contributed by atoms with Crippen molar-refractivity contribution in [2.75, 3.05) is 32.9 Å². The van der Waals surface area contributed by atoms with Crippen molar-refractivity contribution in [3.63, 3.8) is 0 Å². The number of carbonyl (C=O) groups excluding carboxylic acids is 1. The van der Waals surface area contributed by atoms with E-state index < -0.39 is 0 Å². The van der Waals surface area contributed by atoms with Gasteiger partial charge in [0, 0.05) is 30.8 Å². The number of hydrogen-bond donors (Lipinski definition) is 0. The molecule has 0 aliphatic carbocycles. The Labute approximate surface area is 207 Å². The largest absolute Gasteiger partial charge is 0.490 e. The van der Waals surface area contributed by atoms with E-state index in [0.29, 0.717) is 32.9 Å². The second-order valence-electron chi connectivity index (χ2n) is 7.09. The Morgan fingerprint density at radius 2 is 1.50 bits per heavy atom. The van der Waals surface area contributed by atoms with Crippen molar-refractivity contribution in [2.45, 2.75) is 19.3 Å². The first-order valence-electron chi connectivity index (χ1n) is 10.2. The number of carbonyl (C=O) groups is 1. The molecule has 32 heavy (non-hydrogen) atoms. The van der Waals surface area contributed by atoms with Crippen LogP contribution in [0.4, 0.5) is 0 Å². The van der Waals surface area contributed by atoms with Gasteiger partial charge in [-0.25, -0.2) is 0 Å². The first kappa shape index (κ1) is 24.8. The lowest BCUT2D eigenvalue weighted by Crippen LogP contribution is -2.35. The van der Waals surface area contributed by atoms with Crippen LogP contribution in [0.5, 0.6) is 17.2 Å². The molecule has 9 heteroatoms. The Morgan fingerprint density at radius 1 is 0.875 bits per heavy atom. The molecule has 1 fully saturated rings. The Hall–Kier alpha value is -1.79. The zero-order valence-corrected chi connectivity index (χ0v) is 20.3. The summed E-state index contributed by atoms with van der Waals surface area (Å²) in [5.41, 5.74) is 0.667. The van der Waals surface area contributed by atoms with Gasteiger partial charge in [0.15, 0.2) is 5.75 Å². The van der Waals surface area contributed by atoms with Gasteiger partial charge in [-0.15, -0.1) is 0 Å². The van der Waals surface area contributed by atoms with Gasteiger partial charge < -0.3 is 19.1 Å². The van der Waals surface area contributed by atoms with Crippen molar-refractivity contribution in [3.8, 4) is 17.2 Å². The number of benzene rings is 2. The second kappa shape index (κ2) is 12.4.